The van der Waals surface area contributed by atoms with Crippen LogP contribution in [-0.2, 0) is 0 Å². The highest BCUT2D eigenvalue weighted by Gasteiger charge is 2.38. The van der Waals surface area contributed by atoms with Gasteiger partial charge in [-0.1, -0.05) is 18.2 Å². The summed E-state index contributed by atoms with van der Waals surface area (Å²) in [5.74, 6) is 0.902. The van der Waals surface area contributed by atoms with Crippen molar-refractivity contribution < 1.29 is 4.39 Å². The lowest BCUT2D eigenvalue weighted by Gasteiger charge is -2.05. The largest absolute Gasteiger partial charge is 0.367 e. The SMILES string of the molecule is N#Cc1cccc(N[C@@H]2C[C@H]2c2ccc(F)cc2)n1. The molecule has 3 nitrogen and oxygen atoms in total. The molecule has 1 heterocycles. The number of nitriles is 1. The van der Waals surface area contributed by atoms with E-state index in [1.807, 2.05) is 30.3 Å². The Balaban J connectivity index is 1.67. The van der Waals surface area contributed by atoms with Crippen LogP contribution < -0.4 is 5.32 Å². The van der Waals surface area contributed by atoms with Crippen molar-refractivity contribution in [1.82, 2.24) is 4.98 Å². The monoisotopic (exact) mass is 253 g/mol. The lowest BCUT2D eigenvalue weighted by molar-refractivity contribution is 0.627. The Hall–Kier alpha value is -2.41. The van der Waals surface area contributed by atoms with Gasteiger partial charge in [0, 0.05) is 12.0 Å². The number of hydrogen-bond donors (Lipinski definition) is 1. The average Bonchev–Trinajstić information content (AvgIpc) is 3.19. The Labute approximate surface area is 110 Å². The van der Waals surface area contributed by atoms with Crippen LogP contribution in [0.4, 0.5) is 10.2 Å². The van der Waals surface area contributed by atoms with E-state index in [0.717, 1.165) is 12.0 Å². The number of benzene rings is 1. The van der Waals surface area contributed by atoms with Crippen LogP contribution in [0.15, 0.2) is 42.5 Å². The summed E-state index contributed by atoms with van der Waals surface area (Å²) in [7, 11) is 0. The summed E-state index contributed by atoms with van der Waals surface area (Å²) in [5, 5.41) is 12.1. The summed E-state index contributed by atoms with van der Waals surface area (Å²) < 4.78 is 12.8. The predicted octanol–water partition coefficient (Wildman–Crippen LogP) is 3.06. The van der Waals surface area contributed by atoms with Crippen molar-refractivity contribution in [2.45, 2.75) is 18.4 Å². The minimum absolute atomic E-state index is 0.211. The van der Waals surface area contributed by atoms with Crippen molar-refractivity contribution >= 4 is 5.82 Å². The van der Waals surface area contributed by atoms with Gasteiger partial charge in [-0.25, -0.2) is 9.37 Å². The molecule has 94 valence electrons. The Morgan fingerprint density at radius 3 is 2.74 bits per heavy atom. The standard InChI is InChI=1S/C15H12FN3/c16-11-6-4-10(5-7-11)13-8-14(13)19-15-3-1-2-12(9-17)18-15/h1-7,13-14H,8H2,(H,18,19)/t13-,14+/m0/s1. The lowest BCUT2D eigenvalue weighted by atomic mass is 10.1. The van der Waals surface area contributed by atoms with Crippen molar-refractivity contribution in [1.29, 1.82) is 5.26 Å². The second-order valence-corrected chi connectivity index (χ2v) is 4.66. The Bertz CT molecular complexity index is 631. The number of nitrogens with one attached hydrogen (secondary N) is 1. The molecule has 2 aromatic rings. The summed E-state index contributed by atoms with van der Waals surface area (Å²) in [6.07, 6.45) is 1.00. The maximum absolute atomic E-state index is 12.8. The topological polar surface area (TPSA) is 48.7 Å². The van der Waals surface area contributed by atoms with Crippen LogP contribution in [0.5, 0.6) is 0 Å². The van der Waals surface area contributed by atoms with Gasteiger partial charge in [0.15, 0.2) is 0 Å². The van der Waals surface area contributed by atoms with Gasteiger partial charge >= 0.3 is 0 Å². The second kappa shape index (κ2) is 4.69. The van der Waals surface area contributed by atoms with Crippen LogP contribution >= 0.6 is 0 Å². The summed E-state index contributed by atoms with van der Waals surface area (Å²) in [6.45, 7) is 0. The fourth-order valence-corrected chi connectivity index (χ4v) is 2.20. The number of pyridine rings is 1. The molecule has 1 aliphatic carbocycles. The van der Waals surface area contributed by atoms with E-state index in [2.05, 4.69) is 10.3 Å². The van der Waals surface area contributed by atoms with E-state index >= 15 is 0 Å². The molecule has 0 saturated heterocycles. The molecule has 1 N–H and O–H groups in total. The minimum Gasteiger partial charge on any atom is -0.367 e. The average molecular weight is 253 g/mol. The summed E-state index contributed by atoms with van der Waals surface area (Å²) in [4.78, 5) is 4.18. The van der Waals surface area contributed by atoms with Crippen molar-refractivity contribution in [3.05, 3.63) is 59.5 Å². The molecule has 0 aliphatic heterocycles. The van der Waals surface area contributed by atoms with E-state index in [9.17, 15) is 4.39 Å². The first-order valence-electron chi connectivity index (χ1n) is 6.15. The third-order valence-electron chi connectivity index (χ3n) is 3.29. The van der Waals surface area contributed by atoms with Gasteiger partial charge in [-0.15, -0.1) is 0 Å². The van der Waals surface area contributed by atoms with Crippen molar-refractivity contribution in [2.24, 2.45) is 0 Å². The first-order valence-corrected chi connectivity index (χ1v) is 6.15. The van der Waals surface area contributed by atoms with Crippen LogP contribution in [0.1, 0.15) is 23.6 Å². The van der Waals surface area contributed by atoms with Crippen LogP contribution in [-0.4, -0.2) is 11.0 Å². The first-order chi connectivity index (χ1) is 9.26. The number of nitrogens with zero attached hydrogens (tertiary/aromatic N) is 2. The van der Waals surface area contributed by atoms with Gasteiger partial charge in [0.25, 0.3) is 0 Å². The highest BCUT2D eigenvalue weighted by molar-refractivity contribution is 5.43. The zero-order chi connectivity index (χ0) is 13.2. The van der Waals surface area contributed by atoms with Crippen molar-refractivity contribution in [3.8, 4) is 6.07 Å². The number of aromatic nitrogens is 1. The normalized spacial score (nSPS) is 20.6. The molecule has 1 saturated carbocycles. The summed E-state index contributed by atoms with van der Waals surface area (Å²) >= 11 is 0. The van der Waals surface area contributed by atoms with E-state index in [1.54, 1.807) is 6.07 Å². The van der Waals surface area contributed by atoms with Gasteiger partial charge in [-0.2, -0.15) is 5.26 Å². The molecule has 0 bridgehead atoms. The summed E-state index contributed by atoms with van der Waals surface area (Å²) in [5.41, 5.74) is 1.54. The second-order valence-electron chi connectivity index (χ2n) is 4.66. The molecule has 2 atom stereocenters. The third kappa shape index (κ3) is 2.55. The van der Waals surface area contributed by atoms with E-state index in [4.69, 9.17) is 5.26 Å². The molecule has 3 rings (SSSR count). The molecule has 4 heteroatoms. The van der Waals surface area contributed by atoms with Crippen LogP contribution in [0, 0.1) is 17.1 Å². The number of rotatable bonds is 3. The molecule has 0 radical (unpaired) electrons. The van der Waals surface area contributed by atoms with Crippen molar-refractivity contribution in [2.75, 3.05) is 5.32 Å². The van der Waals surface area contributed by atoms with Gasteiger partial charge in [0.1, 0.15) is 23.4 Å². The molecule has 1 aliphatic rings. The van der Waals surface area contributed by atoms with Gasteiger partial charge < -0.3 is 5.32 Å². The third-order valence-corrected chi connectivity index (χ3v) is 3.29. The first kappa shape index (κ1) is 11.7. The molecular formula is C15H12FN3. The minimum atomic E-state index is -0.211. The van der Waals surface area contributed by atoms with E-state index in [0.29, 0.717) is 23.5 Å². The van der Waals surface area contributed by atoms with E-state index in [-0.39, 0.29) is 5.82 Å². The molecule has 0 amide bonds. The molecule has 0 spiro atoms. The Morgan fingerprint density at radius 2 is 2.00 bits per heavy atom. The quantitative estimate of drug-likeness (QED) is 0.914. The summed E-state index contributed by atoms with van der Waals surface area (Å²) in [6, 6.07) is 14.3. The van der Waals surface area contributed by atoms with Crippen molar-refractivity contribution in [3.63, 3.8) is 0 Å². The number of hydrogen-bond acceptors (Lipinski definition) is 3. The predicted molar refractivity (Wildman–Crippen MR) is 70.1 cm³/mol. The molecule has 1 fully saturated rings. The molecule has 0 unspecified atom stereocenters. The van der Waals surface area contributed by atoms with Gasteiger partial charge in [0.2, 0.25) is 0 Å². The molecule has 19 heavy (non-hydrogen) atoms. The molecule has 1 aromatic heterocycles. The lowest BCUT2D eigenvalue weighted by Crippen LogP contribution is -2.06. The molecule has 1 aromatic carbocycles. The zero-order valence-electron chi connectivity index (χ0n) is 10.2. The van der Waals surface area contributed by atoms with Crippen LogP contribution in [0.25, 0.3) is 0 Å². The maximum atomic E-state index is 12.8. The fraction of sp³-hybridized carbons (Fsp3) is 0.200. The van der Waals surface area contributed by atoms with Crippen LogP contribution in [0.2, 0.25) is 0 Å². The number of halogens is 1. The Morgan fingerprint density at radius 1 is 1.21 bits per heavy atom. The van der Waals surface area contributed by atoms with E-state index < -0.39 is 0 Å². The van der Waals surface area contributed by atoms with E-state index in [1.165, 1.54) is 12.1 Å². The number of anilines is 1. The zero-order valence-corrected chi connectivity index (χ0v) is 10.2. The van der Waals surface area contributed by atoms with Crippen LogP contribution in [0.3, 0.4) is 0 Å². The Kier molecular flexibility index (Phi) is 2.88. The maximum Gasteiger partial charge on any atom is 0.142 e. The van der Waals surface area contributed by atoms with Gasteiger partial charge in [0.05, 0.1) is 0 Å². The fourth-order valence-electron chi connectivity index (χ4n) is 2.20. The van der Waals surface area contributed by atoms with Gasteiger partial charge in [-0.05, 0) is 36.2 Å². The molecular weight excluding hydrogens is 241 g/mol. The smallest absolute Gasteiger partial charge is 0.142 e. The highest BCUT2D eigenvalue weighted by atomic mass is 19.1. The van der Waals surface area contributed by atoms with Gasteiger partial charge in [-0.3, -0.25) is 0 Å². The highest BCUT2D eigenvalue weighted by Crippen LogP contribution is 2.42.